The molecule has 2 aliphatic rings. The molecule has 3 nitrogen and oxygen atoms in total. The van der Waals surface area contributed by atoms with Gasteiger partial charge in [-0.05, 0) is 42.9 Å². The second-order valence-corrected chi connectivity index (χ2v) is 6.47. The molecular weight excluding hydrogens is 296 g/mol. The Hall–Kier alpha value is -1.06. The smallest absolute Gasteiger partial charge is 0.220 e. The van der Waals surface area contributed by atoms with E-state index in [-0.39, 0.29) is 24.4 Å². The number of amides is 1. The Morgan fingerprint density at radius 2 is 1.95 bits per heavy atom. The lowest BCUT2D eigenvalue weighted by molar-refractivity contribution is -0.122. The molecule has 0 saturated heterocycles. The van der Waals surface area contributed by atoms with Gasteiger partial charge in [0.1, 0.15) is 0 Å². The number of benzene rings is 1. The highest BCUT2D eigenvalue weighted by Gasteiger charge is 2.21. The van der Waals surface area contributed by atoms with Crippen molar-refractivity contribution in [2.24, 2.45) is 5.92 Å². The Morgan fingerprint density at radius 3 is 2.77 bits per heavy atom. The molecular formula is C18H27ClN2O. The maximum Gasteiger partial charge on any atom is 0.220 e. The van der Waals surface area contributed by atoms with Crippen molar-refractivity contribution in [2.75, 3.05) is 13.1 Å². The molecule has 0 spiro atoms. The number of hydrogen-bond donors (Lipinski definition) is 2. The van der Waals surface area contributed by atoms with E-state index >= 15 is 0 Å². The first-order valence-corrected chi connectivity index (χ1v) is 8.41. The number of fused-ring (bicyclic) bond motifs is 1. The standard InChI is InChI=1S/C18H26N2O.ClH/c21-18(12-14-6-2-1-3-7-14)20-13-17-16-9-5-4-8-15(16)10-11-19-17;/h4-5,8-9,14,17,19H,1-3,6-7,10-13H2,(H,20,21);1H. The molecule has 0 bridgehead atoms. The number of nitrogens with one attached hydrogen (secondary N) is 2. The van der Waals surface area contributed by atoms with Crippen LogP contribution < -0.4 is 10.6 Å². The van der Waals surface area contributed by atoms with Crippen LogP contribution >= 0.6 is 12.4 Å². The van der Waals surface area contributed by atoms with Crippen LogP contribution in [0.15, 0.2) is 24.3 Å². The third kappa shape index (κ3) is 4.47. The number of rotatable bonds is 4. The third-order valence-electron chi connectivity index (χ3n) is 4.92. The summed E-state index contributed by atoms with van der Waals surface area (Å²) in [6.45, 7) is 1.71. The second kappa shape index (κ2) is 8.54. The zero-order valence-corrected chi connectivity index (χ0v) is 14.0. The summed E-state index contributed by atoms with van der Waals surface area (Å²) in [5, 5.41) is 6.66. The third-order valence-corrected chi connectivity index (χ3v) is 4.92. The van der Waals surface area contributed by atoms with Gasteiger partial charge in [-0.25, -0.2) is 0 Å². The molecule has 22 heavy (non-hydrogen) atoms. The van der Waals surface area contributed by atoms with Crippen molar-refractivity contribution in [1.82, 2.24) is 10.6 Å². The summed E-state index contributed by atoms with van der Waals surface area (Å²) in [4.78, 5) is 12.1. The molecule has 1 heterocycles. The Kier molecular flexibility index (Phi) is 6.71. The van der Waals surface area contributed by atoms with Crippen molar-refractivity contribution in [2.45, 2.75) is 51.0 Å². The minimum atomic E-state index is 0. The van der Waals surface area contributed by atoms with Crippen LogP contribution in [0.1, 0.15) is 55.7 Å². The Labute approximate surface area is 139 Å². The van der Waals surface area contributed by atoms with Crippen LogP contribution in [0.3, 0.4) is 0 Å². The highest BCUT2D eigenvalue weighted by atomic mass is 35.5. The van der Waals surface area contributed by atoms with Gasteiger partial charge in [0.25, 0.3) is 0 Å². The average molecular weight is 323 g/mol. The van der Waals surface area contributed by atoms with Crippen LogP contribution in [0.2, 0.25) is 0 Å². The van der Waals surface area contributed by atoms with E-state index in [4.69, 9.17) is 0 Å². The first kappa shape index (κ1) is 17.3. The van der Waals surface area contributed by atoms with Gasteiger partial charge in [-0.2, -0.15) is 0 Å². The molecule has 4 heteroatoms. The summed E-state index contributed by atoms with van der Waals surface area (Å²) < 4.78 is 0. The van der Waals surface area contributed by atoms with Gasteiger partial charge in [0.15, 0.2) is 0 Å². The van der Waals surface area contributed by atoms with Gasteiger partial charge in [-0.3, -0.25) is 4.79 Å². The van der Waals surface area contributed by atoms with Crippen LogP contribution in [0.4, 0.5) is 0 Å². The summed E-state index contributed by atoms with van der Waals surface area (Å²) in [6, 6.07) is 8.84. The zero-order valence-electron chi connectivity index (χ0n) is 13.1. The van der Waals surface area contributed by atoms with Gasteiger partial charge in [-0.1, -0.05) is 43.5 Å². The number of halogens is 1. The summed E-state index contributed by atoms with van der Waals surface area (Å²) in [7, 11) is 0. The Bertz CT molecular complexity index is 486. The molecule has 1 atom stereocenters. The van der Waals surface area contributed by atoms with Gasteiger partial charge in [0, 0.05) is 19.0 Å². The van der Waals surface area contributed by atoms with E-state index in [2.05, 4.69) is 34.9 Å². The zero-order chi connectivity index (χ0) is 14.5. The monoisotopic (exact) mass is 322 g/mol. The lowest BCUT2D eigenvalue weighted by Crippen LogP contribution is -2.39. The van der Waals surface area contributed by atoms with E-state index in [1.807, 2.05) is 0 Å². The Balaban J connectivity index is 0.00000176. The SMILES string of the molecule is Cl.O=C(CC1CCCCC1)NCC1NCCc2ccccc21. The van der Waals surface area contributed by atoms with Gasteiger partial charge in [0.05, 0.1) is 0 Å². The fraction of sp³-hybridized carbons (Fsp3) is 0.611. The normalized spacial score (nSPS) is 21.5. The summed E-state index contributed by atoms with van der Waals surface area (Å²) in [6.07, 6.45) is 8.22. The van der Waals surface area contributed by atoms with Gasteiger partial charge in [0.2, 0.25) is 5.91 Å². The summed E-state index contributed by atoms with van der Waals surface area (Å²) in [5.41, 5.74) is 2.77. The van der Waals surface area contributed by atoms with Crippen molar-refractivity contribution in [3.63, 3.8) is 0 Å². The summed E-state index contributed by atoms with van der Waals surface area (Å²) in [5.74, 6) is 0.845. The number of carbonyl (C=O) groups is 1. The van der Waals surface area contributed by atoms with Crippen LogP contribution in [0.5, 0.6) is 0 Å². The molecule has 2 N–H and O–H groups in total. The van der Waals surface area contributed by atoms with Crippen molar-refractivity contribution in [3.8, 4) is 0 Å². The molecule has 1 saturated carbocycles. The van der Waals surface area contributed by atoms with E-state index in [1.165, 1.54) is 43.2 Å². The molecule has 0 aromatic heterocycles. The lowest BCUT2D eigenvalue weighted by Gasteiger charge is -2.27. The average Bonchev–Trinajstić information content (AvgIpc) is 2.54. The highest BCUT2D eigenvalue weighted by Crippen LogP contribution is 2.26. The molecule has 1 aromatic carbocycles. The fourth-order valence-electron chi connectivity index (χ4n) is 3.72. The molecule has 1 aromatic rings. The van der Waals surface area contributed by atoms with Crippen molar-refractivity contribution >= 4 is 18.3 Å². The first-order chi connectivity index (χ1) is 10.3. The quantitative estimate of drug-likeness (QED) is 0.892. The minimum Gasteiger partial charge on any atom is -0.354 e. The largest absolute Gasteiger partial charge is 0.354 e. The predicted octanol–water partition coefficient (Wildman–Crippen LogP) is 3.38. The van der Waals surface area contributed by atoms with Gasteiger partial charge < -0.3 is 10.6 Å². The van der Waals surface area contributed by atoms with Crippen molar-refractivity contribution in [3.05, 3.63) is 35.4 Å². The molecule has 1 aliphatic heterocycles. The number of carbonyl (C=O) groups excluding carboxylic acids is 1. The van der Waals surface area contributed by atoms with Crippen LogP contribution in [-0.4, -0.2) is 19.0 Å². The van der Waals surface area contributed by atoms with E-state index in [0.717, 1.165) is 13.0 Å². The Morgan fingerprint density at radius 1 is 1.18 bits per heavy atom. The van der Waals surface area contributed by atoms with Crippen LogP contribution in [0.25, 0.3) is 0 Å². The molecule has 0 radical (unpaired) electrons. The van der Waals surface area contributed by atoms with Crippen LogP contribution in [0, 0.1) is 5.92 Å². The second-order valence-electron chi connectivity index (χ2n) is 6.47. The predicted molar refractivity (Wildman–Crippen MR) is 92.3 cm³/mol. The van der Waals surface area contributed by atoms with E-state index < -0.39 is 0 Å². The van der Waals surface area contributed by atoms with E-state index in [9.17, 15) is 4.79 Å². The molecule has 1 amide bonds. The topological polar surface area (TPSA) is 41.1 Å². The van der Waals surface area contributed by atoms with Gasteiger partial charge >= 0.3 is 0 Å². The number of hydrogen-bond acceptors (Lipinski definition) is 2. The van der Waals surface area contributed by atoms with Crippen molar-refractivity contribution in [1.29, 1.82) is 0 Å². The molecule has 3 rings (SSSR count). The molecule has 1 aliphatic carbocycles. The van der Waals surface area contributed by atoms with Gasteiger partial charge in [-0.15, -0.1) is 12.4 Å². The summed E-state index contributed by atoms with van der Waals surface area (Å²) >= 11 is 0. The maximum atomic E-state index is 12.1. The minimum absolute atomic E-state index is 0. The molecule has 122 valence electrons. The molecule has 1 unspecified atom stereocenters. The van der Waals surface area contributed by atoms with Crippen molar-refractivity contribution < 1.29 is 4.79 Å². The highest BCUT2D eigenvalue weighted by molar-refractivity contribution is 5.85. The molecule has 1 fully saturated rings. The lowest BCUT2D eigenvalue weighted by atomic mass is 9.87. The van der Waals surface area contributed by atoms with Crippen LogP contribution in [-0.2, 0) is 11.2 Å². The maximum absolute atomic E-state index is 12.1. The fourth-order valence-corrected chi connectivity index (χ4v) is 3.72. The first-order valence-electron chi connectivity index (χ1n) is 8.41. The van der Waals surface area contributed by atoms with E-state index in [0.29, 0.717) is 18.9 Å². The van der Waals surface area contributed by atoms with E-state index in [1.54, 1.807) is 0 Å².